The summed E-state index contributed by atoms with van der Waals surface area (Å²) >= 11 is 0. The van der Waals surface area contributed by atoms with Crippen molar-refractivity contribution in [1.29, 1.82) is 0 Å². The molecule has 4 aliphatic heterocycles. The van der Waals surface area contributed by atoms with E-state index < -0.39 is 0 Å². The van der Waals surface area contributed by atoms with Gasteiger partial charge in [-0.2, -0.15) is 0 Å². The van der Waals surface area contributed by atoms with Crippen LogP contribution in [0.2, 0.25) is 0 Å². The fourth-order valence-corrected chi connectivity index (χ4v) is 6.47. The number of aromatic amines is 1. The summed E-state index contributed by atoms with van der Waals surface area (Å²) in [6.07, 6.45) is 9.38. The molecule has 6 nitrogen and oxygen atoms in total. The predicted molar refractivity (Wildman–Crippen MR) is 166 cm³/mol. The number of fused-ring (bicyclic) bond motifs is 5. The van der Waals surface area contributed by atoms with E-state index in [2.05, 4.69) is 65.6 Å². The lowest BCUT2D eigenvalue weighted by Crippen LogP contribution is -2.14. The Balaban J connectivity index is 1.92. The molecule has 0 aliphatic carbocycles. The van der Waals surface area contributed by atoms with Crippen molar-refractivity contribution in [2.75, 3.05) is 0 Å². The normalized spacial score (nSPS) is 20.0. The van der Waals surface area contributed by atoms with E-state index in [1.165, 1.54) is 11.1 Å². The van der Waals surface area contributed by atoms with Crippen LogP contribution in [0.4, 0.5) is 0 Å². The summed E-state index contributed by atoms with van der Waals surface area (Å²) in [5.41, 5.74) is 16.2. The number of aromatic nitrogens is 1. The number of carbonyl (C=O) groups excluding carboxylic acids is 1. The third-order valence-corrected chi connectivity index (χ3v) is 8.72. The first-order chi connectivity index (χ1) is 19.2. The zero-order valence-corrected chi connectivity index (χ0v) is 24.8. The summed E-state index contributed by atoms with van der Waals surface area (Å²) in [6, 6.07) is 0. The number of hydrogen-bond donors (Lipinski definition) is 2. The number of aldehydes is 1. The largest absolute Gasteiger partial charge is 0.515 e. The lowest BCUT2D eigenvalue weighted by molar-refractivity contribution is -0.104. The van der Waals surface area contributed by atoms with E-state index in [9.17, 15) is 9.90 Å². The van der Waals surface area contributed by atoms with E-state index in [-0.39, 0.29) is 0 Å². The average Bonchev–Trinajstić information content (AvgIpc) is 3.63. The van der Waals surface area contributed by atoms with Crippen LogP contribution in [0.1, 0.15) is 90.2 Å². The minimum atomic E-state index is 0.483. The van der Waals surface area contributed by atoms with Gasteiger partial charge in [-0.05, 0) is 110 Å². The van der Waals surface area contributed by atoms with Crippen LogP contribution in [0.5, 0.6) is 0 Å². The molecule has 0 amide bonds. The number of nitrogens with one attached hydrogen (secondary N) is 1. The maximum Gasteiger partial charge on any atom is 0.154 e. The number of aliphatic hydroxyl groups is 1. The SMILES string of the molecule is CCC1=C(C)C2=NC1=Cc1[nH]c(c(CC)c1C)C=C1N=C(C(C=O)=C3N=C(C(CC)=C3C)/C2=C\O)C(CC)=C1C. The Bertz CT molecular complexity index is 1670. The summed E-state index contributed by atoms with van der Waals surface area (Å²) in [7, 11) is 0. The Morgan fingerprint density at radius 3 is 1.95 bits per heavy atom. The van der Waals surface area contributed by atoms with Gasteiger partial charge in [-0.3, -0.25) is 4.79 Å². The molecule has 8 bridgehead atoms. The fraction of sp³-hybridized carbons (Fsp3) is 0.353. The number of allylic oxidation sites excluding steroid dienone is 8. The quantitative estimate of drug-likeness (QED) is 0.296. The van der Waals surface area contributed by atoms with Gasteiger partial charge in [-0.15, -0.1) is 0 Å². The predicted octanol–water partition coefficient (Wildman–Crippen LogP) is 8.02. The molecule has 5 rings (SSSR count). The second-order valence-corrected chi connectivity index (χ2v) is 10.6. The van der Waals surface area contributed by atoms with Crippen molar-refractivity contribution in [3.05, 3.63) is 90.5 Å². The van der Waals surface area contributed by atoms with E-state index in [0.29, 0.717) is 34.7 Å². The summed E-state index contributed by atoms with van der Waals surface area (Å²) in [4.78, 5) is 31.6. The van der Waals surface area contributed by atoms with Gasteiger partial charge in [0.15, 0.2) is 6.29 Å². The first kappa shape index (κ1) is 27.5. The second kappa shape index (κ2) is 10.5. The third-order valence-electron chi connectivity index (χ3n) is 8.72. The van der Waals surface area contributed by atoms with Crippen LogP contribution in [0.25, 0.3) is 12.2 Å². The zero-order chi connectivity index (χ0) is 28.9. The van der Waals surface area contributed by atoms with E-state index >= 15 is 0 Å². The molecule has 40 heavy (non-hydrogen) atoms. The van der Waals surface area contributed by atoms with Gasteiger partial charge in [0.2, 0.25) is 0 Å². The van der Waals surface area contributed by atoms with Crippen LogP contribution in [0.15, 0.2) is 82.9 Å². The standard InChI is InChI=1S/C34H38N4O2/c1-9-21-17(5)27-13-30-22(10-2)19(7)31(37-30)25(15-39)34-24(12-4)20(8)32(38-34)26(16-40)33-23(11-3)18(6)28(36-33)14-29(21)35-27/h13-16,35,39H,9-12H2,1-8H3/b25-15-,28-14?,30-13?,32-26?. The van der Waals surface area contributed by atoms with Gasteiger partial charge >= 0.3 is 0 Å². The Morgan fingerprint density at radius 1 is 0.725 bits per heavy atom. The van der Waals surface area contributed by atoms with E-state index in [4.69, 9.17) is 15.0 Å². The molecule has 0 fully saturated rings. The first-order valence-corrected chi connectivity index (χ1v) is 14.3. The van der Waals surface area contributed by atoms with Crippen LogP contribution in [0, 0.1) is 6.92 Å². The molecule has 0 radical (unpaired) electrons. The molecule has 0 aromatic carbocycles. The number of nitrogens with zero attached hydrogens (tertiary/aromatic N) is 3. The highest BCUT2D eigenvalue weighted by Crippen LogP contribution is 2.40. The van der Waals surface area contributed by atoms with Gasteiger partial charge in [-0.25, -0.2) is 15.0 Å². The number of aliphatic hydroxyl groups excluding tert-OH is 1. The molecule has 0 spiro atoms. The Labute approximate surface area is 236 Å². The van der Waals surface area contributed by atoms with Gasteiger partial charge in [0.1, 0.15) is 0 Å². The van der Waals surface area contributed by atoms with E-state index in [1.807, 2.05) is 6.92 Å². The number of rotatable bonds is 5. The molecule has 206 valence electrons. The molecule has 0 saturated heterocycles. The van der Waals surface area contributed by atoms with Crippen molar-refractivity contribution in [2.24, 2.45) is 15.0 Å². The van der Waals surface area contributed by atoms with Crippen molar-refractivity contribution < 1.29 is 9.90 Å². The summed E-state index contributed by atoms with van der Waals surface area (Å²) in [6.45, 7) is 16.8. The average molecular weight is 535 g/mol. The summed E-state index contributed by atoms with van der Waals surface area (Å²) in [5.74, 6) is 0. The Kier molecular flexibility index (Phi) is 7.21. The molecule has 4 aliphatic rings. The van der Waals surface area contributed by atoms with Gasteiger partial charge < -0.3 is 10.1 Å². The molecule has 0 saturated carbocycles. The van der Waals surface area contributed by atoms with Crippen LogP contribution < -0.4 is 0 Å². The molecule has 6 heteroatoms. The van der Waals surface area contributed by atoms with E-state index in [1.54, 1.807) is 0 Å². The smallest absolute Gasteiger partial charge is 0.154 e. The number of H-pyrrole nitrogens is 1. The molecule has 1 aromatic heterocycles. The highest BCUT2D eigenvalue weighted by molar-refractivity contribution is 6.37. The van der Waals surface area contributed by atoms with Crippen LogP contribution >= 0.6 is 0 Å². The summed E-state index contributed by atoms with van der Waals surface area (Å²) < 4.78 is 0. The van der Waals surface area contributed by atoms with Crippen LogP contribution in [0.3, 0.4) is 0 Å². The Morgan fingerprint density at radius 2 is 1.35 bits per heavy atom. The maximum absolute atomic E-state index is 12.8. The van der Waals surface area contributed by atoms with Gasteiger partial charge in [-0.1, -0.05) is 27.7 Å². The van der Waals surface area contributed by atoms with E-state index in [0.717, 1.165) is 93.7 Å². The minimum absolute atomic E-state index is 0.483. The molecular weight excluding hydrogens is 496 g/mol. The lowest BCUT2D eigenvalue weighted by atomic mass is 9.91. The van der Waals surface area contributed by atoms with Crippen molar-refractivity contribution in [3.8, 4) is 0 Å². The Hall–Kier alpha value is -4.06. The highest BCUT2D eigenvalue weighted by atomic mass is 16.2. The molecule has 5 heterocycles. The zero-order valence-electron chi connectivity index (χ0n) is 24.8. The lowest BCUT2D eigenvalue weighted by Gasteiger charge is -2.10. The number of carbonyl (C=O) groups is 1. The molecular formula is C34H38N4O2. The fourth-order valence-electron chi connectivity index (χ4n) is 6.47. The van der Waals surface area contributed by atoms with Gasteiger partial charge in [0, 0.05) is 11.4 Å². The van der Waals surface area contributed by atoms with Crippen molar-refractivity contribution in [2.45, 2.75) is 81.1 Å². The van der Waals surface area contributed by atoms with Crippen molar-refractivity contribution in [1.82, 2.24) is 4.98 Å². The third kappa shape index (κ3) is 4.00. The monoisotopic (exact) mass is 534 g/mol. The van der Waals surface area contributed by atoms with Gasteiger partial charge in [0.25, 0.3) is 0 Å². The van der Waals surface area contributed by atoms with Gasteiger partial charge in [0.05, 0.1) is 51.6 Å². The highest BCUT2D eigenvalue weighted by Gasteiger charge is 2.33. The molecule has 0 unspecified atom stereocenters. The number of hydrogen-bond acceptors (Lipinski definition) is 5. The van der Waals surface area contributed by atoms with Crippen molar-refractivity contribution in [3.63, 3.8) is 0 Å². The first-order valence-electron chi connectivity index (χ1n) is 14.3. The minimum Gasteiger partial charge on any atom is -0.515 e. The number of aliphatic imine (C=N–C) groups is 3. The molecule has 0 atom stereocenters. The van der Waals surface area contributed by atoms with Crippen LogP contribution in [-0.4, -0.2) is 33.5 Å². The second-order valence-electron chi connectivity index (χ2n) is 10.6. The maximum atomic E-state index is 12.8. The molecule has 1 aromatic rings. The molecule has 2 N–H and O–H groups in total. The van der Waals surface area contributed by atoms with Crippen LogP contribution in [-0.2, 0) is 11.2 Å². The summed E-state index contributed by atoms with van der Waals surface area (Å²) in [5, 5.41) is 10.6. The van der Waals surface area contributed by atoms with Crippen molar-refractivity contribution >= 4 is 35.6 Å². The topological polar surface area (TPSA) is 90.2 Å².